The SMILES string of the molecule is C/C=C/CC/C=C/CC/C=C/CCCC(O)C(O)C(COC1OC(CO)C(O)C(O)C1O)NC(=O)C(O)CCCCCCCCCCCCCCCCCCCCCCCCCCCCCC. The summed E-state index contributed by atoms with van der Waals surface area (Å²) < 4.78 is 11.1. The van der Waals surface area contributed by atoms with E-state index in [0.717, 1.165) is 44.9 Å². The minimum absolute atomic E-state index is 0.241. The van der Waals surface area contributed by atoms with E-state index in [4.69, 9.17) is 9.47 Å². The molecule has 0 aliphatic carbocycles. The van der Waals surface area contributed by atoms with Gasteiger partial charge in [-0.3, -0.25) is 4.79 Å². The lowest BCUT2D eigenvalue weighted by Gasteiger charge is -2.40. The number of carbonyl (C=O) groups is 1. The highest BCUT2D eigenvalue weighted by atomic mass is 16.7. The maximum absolute atomic E-state index is 13.1. The van der Waals surface area contributed by atoms with E-state index in [1.165, 1.54) is 154 Å². The lowest BCUT2D eigenvalue weighted by molar-refractivity contribution is -0.303. The summed E-state index contributed by atoms with van der Waals surface area (Å²) in [6, 6.07) is -1.19. The van der Waals surface area contributed by atoms with Crippen molar-refractivity contribution in [2.24, 2.45) is 0 Å². The predicted molar refractivity (Wildman–Crippen MR) is 275 cm³/mol. The quantitative estimate of drug-likeness (QED) is 0.0215. The summed E-state index contributed by atoms with van der Waals surface area (Å²) in [7, 11) is 0. The van der Waals surface area contributed by atoms with Gasteiger partial charge in [0.25, 0.3) is 0 Å². The molecule has 1 heterocycles. The molecule has 1 fully saturated rings. The Morgan fingerprint density at radius 3 is 1.36 bits per heavy atom. The molecule has 8 N–H and O–H groups in total. The summed E-state index contributed by atoms with van der Waals surface area (Å²) >= 11 is 0. The normalized spacial score (nSPS) is 20.9. The lowest BCUT2D eigenvalue weighted by atomic mass is 9.98. The highest BCUT2D eigenvalue weighted by Crippen LogP contribution is 2.23. The molecule has 9 atom stereocenters. The molecular weight excluding hydrogens is 847 g/mol. The first-order valence-corrected chi connectivity index (χ1v) is 27.9. The van der Waals surface area contributed by atoms with Crippen LogP contribution in [0.25, 0.3) is 0 Å². The molecule has 0 saturated carbocycles. The molecule has 11 heteroatoms. The van der Waals surface area contributed by atoms with Crippen LogP contribution < -0.4 is 5.32 Å². The highest BCUT2D eigenvalue weighted by molar-refractivity contribution is 5.80. The van der Waals surface area contributed by atoms with Crippen LogP contribution in [0.5, 0.6) is 0 Å². The standard InChI is InChI=1S/C56H105NO10/c1-3-5-7-9-11-13-15-17-18-19-20-21-22-23-24-25-26-27-28-29-30-31-32-34-36-38-40-42-44-49(60)55(65)57-47(46-66-56-54(64)53(63)52(62)50(45-58)67-56)51(61)48(59)43-41-39-37-35-33-16-14-12-10-8-6-4-2/h4,6,12,14,35,37,47-54,56,58-64H,3,5,7-11,13,15-34,36,38-46H2,1-2H3,(H,57,65)/b6-4+,14-12+,37-35+. The third-order valence-electron chi connectivity index (χ3n) is 13.5. The second kappa shape index (κ2) is 45.5. The fourth-order valence-corrected chi connectivity index (χ4v) is 8.95. The smallest absolute Gasteiger partial charge is 0.249 e. The second-order valence-corrected chi connectivity index (χ2v) is 19.7. The van der Waals surface area contributed by atoms with E-state index in [-0.39, 0.29) is 12.8 Å². The van der Waals surface area contributed by atoms with Crippen molar-refractivity contribution in [3.8, 4) is 0 Å². The van der Waals surface area contributed by atoms with E-state index < -0.39 is 74.2 Å². The number of aliphatic hydroxyl groups is 7. The van der Waals surface area contributed by atoms with Crippen molar-refractivity contribution in [2.75, 3.05) is 13.2 Å². The van der Waals surface area contributed by atoms with E-state index in [1.807, 2.05) is 6.92 Å². The molecular formula is C56H105NO10. The van der Waals surface area contributed by atoms with Gasteiger partial charge in [0.1, 0.15) is 36.6 Å². The zero-order valence-corrected chi connectivity index (χ0v) is 42.9. The van der Waals surface area contributed by atoms with Crippen LogP contribution in [0.4, 0.5) is 0 Å². The van der Waals surface area contributed by atoms with E-state index in [2.05, 4.69) is 48.7 Å². The molecule has 0 spiro atoms. The van der Waals surface area contributed by atoms with Crippen molar-refractivity contribution in [2.45, 2.75) is 300 Å². The highest BCUT2D eigenvalue weighted by Gasteiger charge is 2.44. The van der Waals surface area contributed by atoms with Crippen LogP contribution in [0, 0.1) is 0 Å². The molecule has 0 aromatic heterocycles. The van der Waals surface area contributed by atoms with Gasteiger partial charge >= 0.3 is 0 Å². The number of ether oxygens (including phenoxy) is 2. The van der Waals surface area contributed by atoms with Gasteiger partial charge in [0.15, 0.2) is 6.29 Å². The van der Waals surface area contributed by atoms with Gasteiger partial charge in [0.05, 0.1) is 25.4 Å². The number of hydrogen-bond acceptors (Lipinski definition) is 10. The average molecular weight is 952 g/mol. The van der Waals surface area contributed by atoms with Crippen molar-refractivity contribution in [1.29, 1.82) is 0 Å². The minimum atomic E-state index is -1.67. The number of rotatable bonds is 47. The number of aliphatic hydroxyl groups excluding tert-OH is 7. The third-order valence-corrected chi connectivity index (χ3v) is 13.5. The van der Waals surface area contributed by atoms with Crippen LogP contribution in [0.15, 0.2) is 36.5 Å². The van der Waals surface area contributed by atoms with E-state index in [1.54, 1.807) is 0 Å². The molecule has 1 aliphatic heterocycles. The first kappa shape index (κ1) is 63.3. The van der Waals surface area contributed by atoms with Crippen molar-refractivity contribution in [3.05, 3.63) is 36.5 Å². The Bertz CT molecular complexity index is 1180. The molecule has 1 amide bonds. The zero-order chi connectivity index (χ0) is 49.0. The summed E-state index contributed by atoms with van der Waals surface area (Å²) in [5.41, 5.74) is 0. The predicted octanol–water partition coefficient (Wildman–Crippen LogP) is 11.1. The third kappa shape index (κ3) is 34.3. The molecule has 1 aliphatic rings. The maximum atomic E-state index is 13.1. The number of nitrogens with one attached hydrogen (secondary N) is 1. The van der Waals surface area contributed by atoms with E-state index in [9.17, 15) is 40.5 Å². The van der Waals surface area contributed by atoms with Gasteiger partial charge in [0.2, 0.25) is 5.91 Å². The van der Waals surface area contributed by atoms with Gasteiger partial charge < -0.3 is 50.5 Å². The number of allylic oxidation sites excluding steroid dienone is 6. The average Bonchev–Trinajstić information content (AvgIpc) is 3.33. The van der Waals surface area contributed by atoms with Crippen molar-refractivity contribution < 1.29 is 50.0 Å². The minimum Gasteiger partial charge on any atom is -0.394 e. The summed E-state index contributed by atoms with van der Waals surface area (Å²) in [5, 5.41) is 75.8. The fraction of sp³-hybridized carbons (Fsp3) is 0.875. The summed E-state index contributed by atoms with van der Waals surface area (Å²) in [6.45, 7) is 3.22. The molecule has 0 aromatic carbocycles. The lowest BCUT2D eigenvalue weighted by Crippen LogP contribution is -2.60. The van der Waals surface area contributed by atoms with Gasteiger partial charge in [-0.2, -0.15) is 0 Å². The van der Waals surface area contributed by atoms with Gasteiger partial charge in [-0.05, 0) is 58.3 Å². The summed E-state index contributed by atoms with van der Waals surface area (Å²) in [6.07, 6.45) is 43.8. The first-order chi connectivity index (χ1) is 32.7. The fourth-order valence-electron chi connectivity index (χ4n) is 8.95. The molecule has 0 aromatic rings. The van der Waals surface area contributed by atoms with Gasteiger partial charge in [-0.1, -0.05) is 223 Å². The van der Waals surface area contributed by atoms with E-state index >= 15 is 0 Å². The Balaban J connectivity index is 2.24. The van der Waals surface area contributed by atoms with Gasteiger partial charge in [-0.25, -0.2) is 0 Å². The summed E-state index contributed by atoms with van der Waals surface area (Å²) in [5.74, 6) is -0.711. The van der Waals surface area contributed by atoms with Crippen molar-refractivity contribution in [1.82, 2.24) is 5.32 Å². The number of carbonyl (C=O) groups excluding carboxylic acids is 1. The Morgan fingerprint density at radius 1 is 0.537 bits per heavy atom. The monoisotopic (exact) mass is 952 g/mol. The van der Waals surface area contributed by atoms with Crippen molar-refractivity contribution >= 4 is 5.91 Å². The summed E-state index contributed by atoms with van der Waals surface area (Å²) in [4.78, 5) is 13.1. The number of amides is 1. The molecule has 11 nitrogen and oxygen atoms in total. The van der Waals surface area contributed by atoms with E-state index in [0.29, 0.717) is 19.3 Å². The van der Waals surface area contributed by atoms with Crippen LogP contribution in [-0.2, 0) is 14.3 Å². The molecule has 1 saturated heterocycles. The maximum Gasteiger partial charge on any atom is 0.249 e. The van der Waals surface area contributed by atoms with Crippen LogP contribution in [-0.4, -0.2) is 110 Å². The Kier molecular flexibility index (Phi) is 43.0. The zero-order valence-electron chi connectivity index (χ0n) is 42.9. The molecule has 67 heavy (non-hydrogen) atoms. The Hall–Kier alpha value is -1.67. The van der Waals surface area contributed by atoms with Crippen LogP contribution in [0.1, 0.15) is 245 Å². The van der Waals surface area contributed by atoms with Gasteiger partial charge in [0, 0.05) is 0 Å². The Labute approximate surface area is 409 Å². The molecule has 0 bridgehead atoms. The molecule has 1 rings (SSSR count). The largest absolute Gasteiger partial charge is 0.394 e. The van der Waals surface area contributed by atoms with Crippen LogP contribution in [0.3, 0.4) is 0 Å². The molecule has 394 valence electrons. The van der Waals surface area contributed by atoms with Crippen LogP contribution in [0.2, 0.25) is 0 Å². The first-order valence-electron chi connectivity index (χ1n) is 27.9. The number of unbranched alkanes of at least 4 members (excludes halogenated alkanes) is 30. The molecule has 0 radical (unpaired) electrons. The topological polar surface area (TPSA) is 189 Å². The van der Waals surface area contributed by atoms with Crippen LogP contribution >= 0.6 is 0 Å². The number of hydrogen-bond donors (Lipinski definition) is 8. The van der Waals surface area contributed by atoms with Gasteiger partial charge in [-0.15, -0.1) is 0 Å². The Morgan fingerprint density at radius 2 is 0.940 bits per heavy atom. The van der Waals surface area contributed by atoms with Crippen molar-refractivity contribution in [3.63, 3.8) is 0 Å². The second-order valence-electron chi connectivity index (χ2n) is 19.7. The molecule has 9 unspecified atom stereocenters.